The van der Waals surface area contributed by atoms with Crippen molar-refractivity contribution >= 4 is 17.9 Å². The van der Waals surface area contributed by atoms with Gasteiger partial charge in [-0.1, -0.05) is 43.2 Å². The molecule has 3 amide bonds. The summed E-state index contributed by atoms with van der Waals surface area (Å²) < 4.78 is 4.71. The summed E-state index contributed by atoms with van der Waals surface area (Å²) in [6, 6.07) is 8.31. The van der Waals surface area contributed by atoms with Crippen LogP contribution in [0.3, 0.4) is 0 Å². The first kappa shape index (κ1) is 15.6. The molecule has 6 nitrogen and oxygen atoms in total. The molecule has 0 aliphatic carbocycles. The van der Waals surface area contributed by atoms with Gasteiger partial charge < -0.3 is 10.1 Å². The molecule has 0 unspecified atom stereocenters. The monoisotopic (exact) mass is 300 g/mol. The van der Waals surface area contributed by atoms with Gasteiger partial charge >= 0.3 is 12.0 Å². The summed E-state index contributed by atoms with van der Waals surface area (Å²) in [6.07, 6.45) is 5.37. The third kappa shape index (κ3) is 2.66. The number of hydrogen-bond acceptors (Lipinski definition) is 4. The van der Waals surface area contributed by atoms with Gasteiger partial charge in [0.1, 0.15) is 12.1 Å². The van der Waals surface area contributed by atoms with Gasteiger partial charge in [-0.25, -0.2) is 4.79 Å². The standard InChI is InChI=1S/C16H16N2O4/c1-3-10-22-13(19)11-18-14(20)16(4-2,17-15(18)21)12-8-6-5-7-9-12/h1,5-9H,4,10-11H2,2H3,(H,17,21)/t16-/m0/s1. The van der Waals surface area contributed by atoms with E-state index in [1.54, 1.807) is 31.2 Å². The summed E-state index contributed by atoms with van der Waals surface area (Å²) in [7, 11) is 0. The lowest BCUT2D eigenvalue weighted by atomic mass is 9.87. The lowest BCUT2D eigenvalue weighted by Crippen LogP contribution is -2.44. The largest absolute Gasteiger partial charge is 0.451 e. The minimum atomic E-state index is -1.15. The van der Waals surface area contributed by atoms with Gasteiger partial charge in [0.25, 0.3) is 5.91 Å². The summed E-state index contributed by atoms with van der Waals surface area (Å²) >= 11 is 0. The van der Waals surface area contributed by atoms with Crippen LogP contribution >= 0.6 is 0 Å². The number of rotatable bonds is 5. The van der Waals surface area contributed by atoms with E-state index in [9.17, 15) is 14.4 Å². The molecule has 1 saturated heterocycles. The van der Waals surface area contributed by atoms with Crippen LogP contribution in [-0.4, -0.2) is 36.0 Å². The summed E-state index contributed by atoms with van der Waals surface area (Å²) in [5, 5.41) is 2.68. The van der Waals surface area contributed by atoms with Crippen molar-refractivity contribution in [3.8, 4) is 12.3 Å². The lowest BCUT2D eigenvalue weighted by Gasteiger charge is -2.25. The van der Waals surface area contributed by atoms with E-state index in [0.29, 0.717) is 12.0 Å². The Morgan fingerprint density at radius 1 is 1.36 bits per heavy atom. The van der Waals surface area contributed by atoms with Gasteiger partial charge in [0.15, 0.2) is 6.61 Å². The van der Waals surface area contributed by atoms with Crippen molar-refractivity contribution in [2.45, 2.75) is 18.9 Å². The quantitative estimate of drug-likeness (QED) is 0.500. The highest BCUT2D eigenvalue weighted by atomic mass is 16.5. The molecule has 1 heterocycles. The van der Waals surface area contributed by atoms with Crippen molar-refractivity contribution in [1.82, 2.24) is 10.2 Å². The fraction of sp³-hybridized carbons (Fsp3) is 0.312. The molecule has 22 heavy (non-hydrogen) atoms. The van der Waals surface area contributed by atoms with Crippen LogP contribution in [0.15, 0.2) is 30.3 Å². The Morgan fingerprint density at radius 2 is 2.05 bits per heavy atom. The molecule has 0 bridgehead atoms. The van der Waals surface area contributed by atoms with E-state index in [1.807, 2.05) is 6.07 Å². The fourth-order valence-corrected chi connectivity index (χ4v) is 2.43. The Hall–Kier alpha value is -2.81. The van der Waals surface area contributed by atoms with E-state index < -0.39 is 30.0 Å². The van der Waals surface area contributed by atoms with Crippen LogP contribution < -0.4 is 5.32 Å². The van der Waals surface area contributed by atoms with Crippen LogP contribution in [0.4, 0.5) is 4.79 Å². The van der Waals surface area contributed by atoms with Crippen molar-refractivity contribution in [3.63, 3.8) is 0 Å². The number of imide groups is 1. The minimum Gasteiger partial charge on any atom is -0.451 e. The van der Waals surface area contributed by atoms with Crippen molar-refractivity contribution in [2.24, 2.45) is 0 Å². The van der Waals surface area contributed by atoms with Gasteiger partial charge in [0.05, 0.1) is 0 Å². The smallest absolute Gasteiger partial charge is 0.327 e. The predicted molar refractivity (Wildman–Crippen MR) is 78.4 cm³/mol. The topological polar surface area (TPSA) is 75.7 Å². The fourth-order valence-electron chi connectivity index (χ4n) is 2.43. The molecule has 1 N–H and O–H groups in total. The zero-order chi connectivity index (χ0) is 16.2. The van der Waals surface area contributed by atoms with Crippen LogP contribution in [-0.2, 0) is 19.9 Å². The molecule has 0 aromatic heterocycles. The van der Waals surface area contributed by atoms with Crippen molar-refractivity contribution in [1.29, 1.82) is 0 Å². The Labute approximate surface area is 128 Å². The number of benzene rings is 1. The number of carbonyl (C=O) groups is 3. The molecule has 1 fully saturated rings. The number of amides is 3. The molecule has 114 valence electrons. The van der Waals surface area contributed by atoms with Gasteiger partial charge in [-0.05, 0) is 12.0 Å². The van der Waals surface area contributed by atoms with E-state index in [0.717, 1.165) is 4.90 Å². The average molecular weight is 300 g/mol. The molecular formula is C16H16N2O4. The van der Waals surface area contributed by atoms with Crippen LogP contribution in [0.5, 0.6) is 0 Å². The zero-order valence-electron chi connectivity index (χ0n) is 12.2. The maximum Gasteiger partial charge on any atom is 0.327 e. The SMILES string of the molecule is C#CCOC(=O)CN1C(=O)N[C@@](CC)(c2ccccc2)C1=O. The number of carbonyl (C=O) groups excluding carboxylic acids is 3. The normalized spacial score (nSPS) is 20.5. The first-order valence-electron chi connectivity index (χ1n) is 6.84. The van der Waals surface area contributed by atoms with E-state index in [4.69, 9.17) is 11.2 Å². The molecule has 1 atom stereocenters. The van der Waals surface area contributed by atoms with Gasteiger partial charge in [-0.2, -0.15) is 0 Å². The Bertz CT molecular complexity index is 635. The van der Waals surface area contributed by atoms with Gasteiger partial charge in [0.2, 0.25) is 0 Å². The third-order valence-electron chi connectivity index (χ3n) is 3.58. The van der Waals surface area contributed by atoms with E-state index in [2.05, 4.69) is 11.2 Å². The minimum absolute atomic E-state index is 0.194. The maximum absolute atomic E-state index is 12.7. The van der Waals surface area contributed by atoms with Gasteiger partial charge in [0, 0.05) is 0 Å². The van der Waals surface area contributed by atoms with E-state index in [1.165, 1.54) is 0 Å². The number of nitrogens with zero attached hydrogens (tertiary/aromatic N) is 1. The summed E-state index contributed by atoms with van der Waals surface area (Å²) in [4.78, 5) is 37.2. The van der Waals surface area contributed by atoms with Crippen LogP contribution in [0.1, 0.15) is 18.9 Å². The number of nitrogens with one attached hydrogen (secondary N) is 1. The average Bonchev–Trinajstić information content (AvgIpc) is 2.79. The molecule has 1 aliphatic rings. The Kier molecular flexibility index (Phi) is 4.47. The van der Waals surface area contributed by atoms with Crippen LogP contribution in [0.25, 0.3) is 0 Å². The molecule has 2 rings (SSSR count). The molecule has 0 spiro atoms. The highest BCUT2D eigenvalue weighted by Gasteiger charge is 2.51. The summed E-state index contributed by atoms with van der Waals surface area (Å²) in [5.41, 5.74) is -0.472. The zero-order valence-corrected chi connectivity index (χ0v) is 12.2. The van der Waals surface area contributed by atoms with Gasteiger partial charge in [-0.3, -0.25) is 14.5 Å². The van der Waals surface area contributed by atoms with E-state index >= 15 is 0 Å². The Morgan fingerprint density at radius 3 is 2.64 bits per heavy atom. The maximum atomic E-state index is 12.7. The number of ether oxygens (including phenoxy) is 1. The number of terminal acetylenes is 1. The number of hydrogen-bond donors (Lipinski definition) is 1. The van der Waals surface area contributed by atoms with Crippen LogP contribution in [0.2, 0.25) is 0 Å². The molecule has 1 aromatic rings. The first-order valence-corrected chi connectivity index (χ1v) is 6.84. The van der Waals surface area contributed by atoms with Crippen molar-refractivity contribution < 1.29 is 19.1 Å². The highest BCUT2D eigenvalue weighted by Crippen LogP contribution is 2.32. The second-order valence-electron chi connectivity index (χ2n) is 4.81. The molecule has 1 aliphatic heterocycles. The van der Waals surface area contributed by atoms with Crippen molar-refractivity contribution in [3.05, 3.63) is 35.9 Å². The second-order valence-corrected chi connectivity index (χ2v) is 4.81. The molecule has 0 saturated carbocycles. The third-order valence-corrected chi connectivity index (χ3v) is 3.58. The van der Waals surface area contributed by atoms with Gasteiger partial charge in [-0.15, -0.1) is 6.42 Å². The highest BCUT2D eigenvalue weighted by molar-refractivity contribution is 6.09. The lowest BCUT2D eigenvalue weighted by molar-refractivity contribution is -0.146. The van der Waals surface area contributed by atoms with Crippen LogP contribution in [0, 0.1) is 12.3 Å². The molecule has 0 radical (unpaired) electrons. The summed E-state index contributed by atoms with van der Waals surface area (Å²) in [6.45, 7) is 1.15. The van der Waals surface area contributed by atoms with E-state index in [-0.39, 0.29) is 6.61 Å². The molecular weight excluding hydrogens is 284 g/mol. The first-order chi connectivity index (χ1) is 10.5. The molecule has 1 aromatic carbocycles. The second kappa shape index (κ2) is 6.31. The van der Waals surface area contributed by atoms with Crippen molar-refractivity contribution in [2.75, 3.05) is 13.2 Å². The number of urea groups is 1. The Balaban J connectivity index is 2.24. The summed E-state index contributed by atoms with van der Waals surface area (Å²) in [5.74, 6) is 0.963. The molecule has 6 heteroatoms. The number of esters is 1. The predicted octanol–water partition coefficient (Wildman–Crippen LogP) is 1.02.